The van der Waals surface area contributed by atoms with Crippen LogP contribution in [0.5, 0.6) is 0 Å². The number of rotatable bonds is 4. The van der Waals surface area contributed by atoms with Gasteiger partial charge in [0.15, 0.2) is 8.32 Å². The third kappa shape index (κ3) is 11.6. The fourth-order valence-electron chi connectivity index (χ4n) is 1.72. The number of hydrogen-bond acceptors (Lipinski definition) is 4. The zero-order valence-electron chi connectivity index (χ0n) is 16.2. The maximum absolute atomic E-state index is 9.78. The summed E-state index contributed by atoms with van der Waals surface area (Å²) >= 11 is 0. The maximum Gasteiger partial charge on any atom is 0.264 e. The second-order valence-electron chi connectivity index (χ2n) is 7.09. The van der Waals surface area contributed by atoms with Crippen molar-refractivity contribution < 1.29 is 17.0 Å². The average Bonchev–Trinajstić information content (AvgIpc) is 2.91. The molecule has 0 heterocycles. The quantitative estimate of drug-likeness (QED) is 0.536. The van der Waals surface area contributed by atoms with Crippen LogP contribution in [0.1, 0.15) is 60.3 Å². The summed E-state index contributed by atoms with van der Waals surface area (Å²) < 4.78 is 29.7. The zero-order chi connectivity index (χ0) is 18.0. The molecule has 1 aliphatic carbocycles. The van der Waals surface area contributed by atoms with Gasteiger partial charge in [0.05, 0.1) is 13.4 Å². The molecular weight excluding hydrogens is 316 g/mol. The minimum Gasteiger partial charge on any atom is -0.417 e. The molecule has 0 N–H and O–H groups in total. The number of hydrogen-bond donors (Lipinski definition) is 0. The Kier molecular flexibility index (Phi) is 11.9. The fourth-order valence-corrected chi connectivity index (χ4v) is 2.81. The van der Waals surface area contributed by atoms with E-state index in [2.05, 4.69) is 38.0 Å². The van der Waals surface area contributed by atoms with E-state index in [1.165, 1.54) is 25.7 Å². The SMILES string of the molecule is CC.CC(C)(C)[Si](C)(C)OCC1CCCC1.COS(C)(=O)=O. The Labute approximate surface area is 140 Å². The van der Waals surface area contributed by atoms with Gasteiger partial charge in [0.1, 0.15) is 0 Å². The van der Waals surface area contributed by atoms with Gasteiger partial charge in [-0.1, -0.05) is 47.5 Å². The van der Waals surface area contributed by atoms with Gasteiger partial charge in [-0.25, -0.2) is 0 Å². The predicted molar refractivity (Wildman–Crippen MR) is 98.3 cm³/mol. The van der Waals surface area contributed by atoms with Crippen LogP contribution in [-0.4, -0.2) is 36.7 Å². The standard InChI is InChI=1S/C12H26OSi.C2H6O3S.C2H6/c1-12(2,3)14(4,5)13-10-11-8-6-7-9-11;1-5-6(2,3)4;1-2/h11H,6-10H2,1-5H3;1-2H3;1-2H3. The van der Waals surface area contributed by atoms with Crippen LogP contribution in [0.2, 0.25) is 18.1 Å². The molecule has 0 aromatic heterocycles. The highest BCUT2D eigenvalue weighted by Gasteiger charge is 2.37. The second-order valence-corrected chi connectivity index (χ2v) is 13.6. The molecule has 1 fully saturated rings. The van der Waals surface area contributed by atoms with E-state index in [4.69, 9.17) is 4.43 Å². The van der Waals surface area contributed by atoms with Crippen molar-refractivity contribution >= 4 is 18.4 Å². The largest absolute Gasteiger partial charge is 0.417 e. The van der Waals surface area contributed by atoms with Crippen LogP contribution in [0.25, 0.3) is 0 Å². The van der Waals surface area contributed by atoms with Gasteiger partial charge in [0, 0.05) is 6.61 Å². The minimum atomic E-state index is -3.16. The molecule has 0 aromatic carbocycles. The Bertz CT molecular complexity index is 366. The van der Waals surface area contributed by atoms with Crippen molar-refractivity contribution in [2.45, 2.75) is 78.4 Å². The van der Waals surface area contributed by atoms with Crippen molar-refractivity contribution in [2.75, 3.05) is 20.0 Å². The van der Waals surface area contributed by atoms with Crippen LogP contribution in [0.4, 0.5) is 0 Å². The van der Waals surface area contributed by atoms with Gasteiger partial charge in [-0.3, -0.25) is 4.18 Å². The second kappa shape index (κ2) is 10.8. The summed E-state index contributed by atoms with van der Waals surface area (Å²) in [5, 5.41) is 0.367. The van der Waals surface area contributed by atoms with Crippen molar-refractivity contribution in [1.29, 1.82) is 0 Å². The lowest BCUT2D eigenvalue weighted by Gasteiger charge is -2.37. The van der Waals surface area contributed by atoms with Gasteiger partial charge in [-0.05, 0) is 36.9 Å². The van der Waals surface area contributed by atoms with Gasteiger partial charge < -0.3 is 4.43 Å². The molecule has 6 heteroatoms. The van der Waals surface area contributed by atoms with Crippen molar-refractivity contribution in [3.63, 3.8) is 0 Å². The third-order valence-electron chi connectivity index (χ3n) is 4.26. The minimum absolute atomic E-state index is 0.367. The molecular formula is C16H38O4SSi. The molecule has 1 aliphatic rings. The maximum atomic E-state index is 9.78. The molecule has 0 unspecified atom stereocenters. The van der Waals surface area contributed by atoms with Crippen LogP contribution in [0.3, 0.4) is 0 Å². The highest BCUT2D eigenvalue weighted by Crippen LogP contribution is 2.37. The molecule has 0 aliphatic heterocycles. The summed E-state index contributed by atoms with van der Waals surface area (Å²) in [6.07, 6.45) is 6.63. The fraction of sp³-hybridized carbons (Fsp3) is 1.00. The summed E-state index contributed by atoms with van der Waals surface area (Å²) in [6.45, 7) is 16.7. The Morgan fingerprint density at radius 3 is 1.73 bits per heavy atom. The van der Waals surface area contributed by atoms with Gasteiger partial charge in [-0.2, -0.15) is 8.42 Å². The Hall–Kier alpha value is 0.0869. The predicted octanol–water partition coefficient (Wildman–Crippen LogP) is 4.82. The van der Waals surface area contributed by atoms with Gasteiger partial charge in [0.25, 0.3) is 10.1 Å². The molecule has 1 saturated carbocycles. The first kappa shape index (κ1) is 24.3. The van der Waals surface area contributed by atoms with E-state index in [0.717, 1.165) is 25.9 Å². The van der Waals surface area contributed by atoms with E-state index >= 15 is 0 Å². The summed E-state index contributed by atoms with van der Waals surface area (Å²) in [5.74, 6) is 0.865. The summed E-state index contributed by atoms with van der Waals surface area (Å²) in [5.41, 5.74) is 0. The molecule has 136 valence electrons. The first-order valence-corrected chi connectivity index (χ1v) is 13.0. The van der Waals surface area contributed by atoms with Gasteiger partial charge >= 0.3 is 0 Å². The Morgan fingerprint density at radius 2 is 1.45 bits per heavy atom. The highest BCUT2D eigenvalue weighted by molar-refractivity contribution is 7.85. The highest BCUT2D eigenvalue weighted by atomic mass is 32.2. The molecule has 0 radical (unpaired) electrons. The van der Waals surface area contributed by atoms with Crippen LogP contribution in [0, 0.1) is 5.92 Å². The van der Waals surface area contributed by atoms with E-state index in [1.807, 2.05) is 13.8 Å². The summed E-state index contributed by atoms with van der Waals surface area (Å²) in [4.78, 5) is 0. The van der Waals surface area contributed by atoms with Crippen LogP contribution < -0.4 is 0 Å². The first-order chi connectivity index (χ1) is 9.89. The molecule has 0 bridgehead atoms. The molecule has 4 nitrogen and oxygen atoms in total. The van der Waals surface area contributed by atoms with Crippen molar-refractivity contribution in [2.24, 2.45) is 5.92 Å². The molecule has 0 saturated heterocycles. The molecule has 0 spiro atoms. The molecule has 1 rings (SSSR count). The van der Waals surface area contributed by atoms with Crippen LogP contribution in [0.15, 0.2) is 0 Å². The Balaban J connectivity index is 0. The van der Waals surface area contributed by atoms with E-state index in [0.29, 0.717) is 5.04 Å². The van der Waals surface area contributed by atoms with Crippen molar-refractivity contribution in [3.05, 3.63) is 0 Å². The molecule has 22 heavy (non-hydrogen) atoms. The third-order valence-corrected chi connectivity index (χ3v) is 9.37. The lowest BCUT2D eigenvalue weighted by Crippen LogP contribution is -2.41. The normalized spacial score (nSPS) is 16.4. The Morgan fingerprint density at radius 1 is 1.09 bits per heavy atom. The van der Waals surface area contributed by atoms with Crippen LogP contribution in [-0.2, 0) is 18.7 Å². The lowest BCUT2D eigenvalue weighted by atomic mass is 10.1. The summed E-state index contributed by atoms with van der Waals surface area (Å²) in [6, 6.07) is 0. The van der Waals surface area contributed by atoms with Crippen molar-refractivity contribution in [1.82, 2.24) is 0 Å². The van der Waals surface area contributed by atoms with Gasteiger partial charge in [0.2, 0.25) is 0 Å². The monoisotopic (exact) mass is 354 g/mol. The zero-order valence-corrected chi connectivity index (χ0v) is 18.0. The van der Waals surface area contributed by atoms with Crippen molar-refractivity contribution in [3.8, 4) is 0 Å². The average molecular weight is 355 g/mol. The van der Waals surface area contributed by atoms with E-state index in [9.17, 15) is 8.42 Å². The molecule has 0 atom stereocenters. The lowest BCUT2D eigenvalue weighted by molar-refractivity contribution is 0.230. The first-order valence-electron chi connectivity index (χ1n) is 8.28. The smallest absolute Gasteiger partial charge is 0.264 e. The molecule has 0 aromatic rings. The summed E-state index contributed by atoms with van der Waals surface area (Å²) in [7, 11) is -3.51. The van der Waals surface area contributed by atoms with E-state index in [1.54, 1.807) is 0 Å². The van der Waals surface area contributed by atoms with E-state index < -0.39 is 18.4 Å². The van der Waals surface area contributed by atoms with E-state index in [-0.39, 0.29) is 0 Å². The van der Waals surface area contributed by atoms with Gasteiger partial charge in [-0.15, -0.1) is 0 Å². The van der Waals surface area contributed by atoms with Crippen LogP contribution >= 0.6 is 0 Å². The topological polar surface area (TPSA) is 52.6 Å². The molecule has 0 amide bonds.